The van der Waals surface area contributed by atoms with Crippen LogP contribution in [0.15, 0.2) is 11.2 Å². The molecular weight excluding hydrogens is 228 g/mol. The molecule has 1 rings (SSSR count). The molecule has 0 aromatic carbocycles. The molecule has 0 aliphatic carbocycles. The van der Waals surface area contributed by atoms with E-state index in [4.69, 9.17) is 5.73 Å². The predicted molar refractivity (Wildman–Crippen MR) is 61.5 cm³/mol. The molecule has 1 aromatic rings. The van der Waals surface area contributed by atoms with Crippen molar-refractivity contribution in [3.63, 3.8) is 0 Å². The number of hydrogen-bond donors (Lipinski definition) is 2. The van der Waals surface area contributed by atoms with Gasteiger partial charge in [0, 0.05) is 25.3 Å². The van der Waals surface area contributed by atoms with E-state index in [1.54, 1.807) is 18.4 Å². The smallest absolute Gasteiger partial charge is 0.259 e. The van der Waals surface area contributed by atoms with Gasteiger partial charge >= 0.3 is 0 Å². The third-order valence-corrected chi connectivity index (χ3v) is 3.74. The minimum absolute atomic E-state index is 0.0483. The van der Waals surface area contributed by atoms with E-state index in [0.717, 1.165) is 0 Å². The fourth-order valence-corrected chi connectivity index (χ4v) is 2.57. The first-order valence-corrected chi connectivity index (χ1v) is 6.65. The molecule has 16 heavy (non-hydrogen) atoms. The van der Waals surface area contributed by atoms with Crippen molar-refractivity contribution in [3.8, 4) is 0 Å². The van der Waals surface area contributed by atoms with E-state index in [2.05, 4.69) is 9.71 Å². The first kappa shape index (κ1) is 13.1. The lowest BCUT2D eigenvalue weighted by Gasteiger charge is -2.09. The molecule has 6 nitrogen and oxygen atoms in total. The Morgan fingerprint density at radius 2 is 2.25 bits per heavy atom. The maximum atomic E-state index is 11.8. The SMILES string of the molecule is CCn1cc(S(=O)(=O)NC(C)CN)nc1C. The Labute approximate surface area is 95.9 Å². The molecule has 1 unspecified atom stereocenters. The molecule has 0 fully saturated rings. The summed E-state index contributed by atoms with van der Waals surface area (Å²) in [5.74, 6) is 0.684. The zero-order valence-corrected chi connectivity index (χ0v) is 10.6. The van der Waals surface area contributed by atoms with E-state index >= 15 is 0 Å². The number of rotatable bonds is 5. The topological polar surface area (TPSA) is 90.0 Å². The average Bonchev–Trinajstić information content (AvgIpc) is 2.59. The van der Waals surface area contributed by atoms with Crippen molar-refractivity contribution in [1.29, 1.82) is 0 Å². The van der Waals surface area contributed by atoms with Crippen molar-refractivity contribution < 1.29 is 8.42 Å². The second kappa shape index (κ2) is 4.94. The molecular formula is C9H18N4O2S. The lowest BCUT2D eigenvalue weighted by atomic mass is 10.4. The van der Waals surface area contributed by atoms with Crippen LogP contribution in [0.4, 0.5) is 0 Å². The number of hydrogen-bond acceptors (Lipinski definition) is 4. The molecule has 0 radical (unpaired) electrons. The summed E-state index contributed by atoms with van der Waals surface area (Å²) in [7, 11) is -3.55. The summed E-state index contributed by atoms with van der Waals surface area (Å²) < 4.78 is 27.9. The summed E-state index contributed by atoms with van der Waals surface area (Å²) in [5, 5.41) is 0.0483. The van der Waals surface area contributed by atoms with Gasteiger partial charge in [-0.05, 0) is 20.8 Å². The number of aryl methyl sites for hydroxylation is 2. The second-order valence-corrected chi connectivity index (χ2v) is 5.33. The highest BCUT2D eigenvalue weighted by Gasteiger charge is 2.20. The highest BCUT2D eigenvalue weighted by Crippen LogP contribution is 2.09. The van der Waals surface area contributed by atoms with Crippen LogP contribution in [0.25, 0.3) is 0 Å². The summed E-state index contributed by atoms with van der Waals surface area (Å²) >= 11 is 0. The molecule has 0 saturated carbocycles. The number of imidazole rings is 1. The van der Waals surface area contributed by atoms with Crippen LogP contribution in [-0.2, 0) is 16.6 Å². The van der Waals surface area contributed by atoms with Crippen LogP contribution in [0.2, 0.25) is 0 Å². The minimum Gasteiger partial charge on any atom is -0.334 e. The van der Waals surface area contributed by atoms with Gasteiger partial charge in [0.15, 0.2) is 5.03 Å². The van der Waals surface area contributed by atoms with Crippen molar-refractivity contribution in [2.45, 2.75) is 38.4 Å². The number of nitrogens with zero attached hydrogens (tertiary/aromatic N) is 2. The zero-order chi connectivity index (χ0) is 12.3. The van der Waals surface area contributed by atoms with Gasteiger partial charge in [-0.2, -0.15) is 0 Å². The summed E-state index contributed by atoms with van der Waals surface area (Å²) in [5.41, 5.74) is 5.37. The fourth-order valence-electron chi connectivity index (χ4n) is 1.30. The van der Waals surface area contributed by atoms with Crippen LogP contribution in [0.1, 0.15) is 19.7 Å². The van der Waals surface area contributed by atoms with Crippen LogP contribution in [-0.4, -0.2) is 30.6 Å². The maximum absolute atomic E-state index is 11.8. The van der Waals surface area contributed by atoms with Crippen molar-refractivity contribution in [3.05, 3.63) is 12.0 Å². The normalized spacial score (nSPS) is 14.0. The van der Waals surface area contributed by atoms with Crippen molar-refractivity contribution in [2.24, 2.45) is 5.73 Å². The highest BCUT2D eigenvalue weighted by molar-refractivity contribution is 7.89. The van der Waals surface area contributed by atoms with Crippen LogP contribution in [0.5, 0.6) is 0 Å². The molecule has 3 N–H and O–H groups in total. The van der Waals surface area contributed by atoms with Gasteiger partial charge in [0.25, 0.3) is 10.0 Å². The monoisotopic (exact) mass is 246 g/mol. The molecule has 0 bridgehead atoms. The standard InChI is InChI=1S/C9H18N4O2S/c1-4-13-6-9(11-8(13)3)16(14,15)12-7(2)5-10/h6-7,12H,4-5,10H2,1-3H3. The number of aromatic nitrogens is 2. The van der Waals surface area contributed by atoms with Crippen molar-refractivity contribution >= 4 is 10.0 Å². The largest absolute Gasteiger partial charge is 0.334 e. The van der Waals surface area contributed by atoms with E-state index in [9.17, 15) is 8.42 Å². The lowest BCUT2D eigenvalue weighted by Crippen LogP contribution is -2.37. The lowest BCUT2D eigenvalue weighted by molar-refractivity contribution is 0.559. The van der Waals surface area contributed by atoms with Crippen LogP contribution in [0.3, 0.4) is 0 Å². The first-order chi connectivity index (χ1) is 7.40. The molecule has 0 amide bonds. The van der Waals surface area contributed by atoms with Gasteiger partial charge in [0.2, 0.25) is 0 Å². The van der Waals surface area contributed by atoms with Gasteiger partial charge < -0.3 is 10.3 Å². The van der Waals surface area contributed by atoms with Gasteiger partial charge in [-0.3, -0.25) is 0 Å². The molecule has 92 valence electrons. The van der Waals surface area contributed by atoms with Gasteiger partial charge in [-0.1, -0.05) is 0 Å². The van der Waals surface area contributed by atoms with Gasteiger partial charge in [-0.25, -0.2) is 18.1 Å². The number of nitrogens with two attached hydrogens (primary N) is 1. The Balaban J connectivity index is 2.98. The van der Waals surface area contributed by atoms with E-state index in [-0.39, 0.29) is 17.6 Å². The molecule has 1 heterocycles. The van der Waals surface area contributed by atoms with Crippen molar-refractivity contribution in [1.82, 2.24) is 14.3 Å². The van der Waals surface area contributed by atoms with E-state index < -0.39 is 10.0 Å². The predicted octanol–water partition coefficient (Wildman–Crippen LogP) is -0.163. The fraction of sp³-hybridized carbons (Fsp3) is 0.667. The van der Waals surface area contributed by atoms with Crippen LogP contribution < -0.4 is 10.5 Å². The third kappa shape index (κ3) is 2.81. The zero-order valence-electron chi connectivity index (χ0n) is 9.77. The summed E-state index contributed by atoms with van der Waals surface area (Å²) in [6, 6.07) is -0.294. The van der Waals surface area contributed by atoms with E-state index in [1.165, 1.54) is 6.20 Å². The molecule has 1 atom stereocenters. The Morgan fingerprint density at radius 3 is 2.69 bits per heavy atom. The molecule has 0 aliphatic heterocycles. The van der Waals surface area contributed by atoms with E-state index in [0.29, 0.717) is 12.4 Å². The molecule has 1 aromatic heterocycles. The molecule has 0 saturated heterocycles. The maximum Gasteiger partial charge on any atom is 0.259 e. The van der Waals surface area contributed by atoms with E-state index in [1.807, 2.05) is 6.92 Å². The van der Waals surface area contributed by atoms with Crippen LogP contribution >= 0.6 is 0 Å². The highest BCUT2D eigenvalue weighted by atomic mass is 32.2. The Bertz CT molecular complexity index is 452. The van der Waals surface area contributed by atoms with Gasteiger partial charge in [-0.15, -0.1) is 0 Å². The average molecular weight is 246 g/mol. The second-order valence-electron chi connectivity index (χ2n) is 3.67. The number of sulfonamides is 1. The minimum atomic E-state index is -3.55. The quantitative estimate of drug-likeness (QED) is 0.755. The number of nitrogens with one attached hydrogen (secondary N) is 1. The van der Waals surface area contributed by atoms with Crippen molar-refractivity contribution in [2.75, 3.05) is 6.54 Å². The summed E-state index contributed by atoms with van der Waals surface area (Å²) in [4.78, 5) is 4.01. The van der Waals surface area contributed by atoms with Crippen LogP contribution in [0, 0.1) is 6.92 Å². The van der Waals surface area contributed by atoms with Gasteiger partial charge in [0.05, 0.1) is 0 Å². The summed E-state index contributed by atoms with van der Waals surface area (Å²) in [6.45, 7) is 6.37. The Morgan fingerprint density at radius 1 is 1.62 bits per heavy atom. The van der Waals surface area contributed by atoms with Gasteiger partial charge in [0.1, 0.15) is 5.82 Å². The Kier molecular flexibility index (Phi) is 4.06. The molecule has 0 spiro atoms. The molecule has 7 heteroatoms. The molecule has 0 aliphatic rings. The summed E-state index contributed by atoms with van der Waals surface area (Å²) in [6.07, 6.45) is 1.53. The Hall–Kier alpha value is -0.920. The first-order valence-electron chi connectivity index (χ1n) is 5.17. The third-order valence-electron chi connectivity index (χ3n) is 2.28.